The van der Waals surface area contributed by atoms with E-state index in [1.807, 2.05) is 7.05 Å². The molecule has 2 nitrogen and oxygen atoms in total. The number of rotatable bonds is 0. The van der Waals surface area contributed by atoms with Crippen LogP contribution in [0.1, 0.15) is 39.0 Å². The lowest BCUT2D eigenvalue weighted by Crippen LogP contribution is -2.31. The number of hydrogen-bond acceptors (Lipinski definition) is 1. The molecule has 15 heavy (non-hydrogen) atoms. The van der Waals surface area contributed by atoms with E-state index < -0.39 is 0 Å². The van der Waals surface area contributed by atoms with Crippen LogP contribution < -0.4 is 0 Å². The van der Waals surface area contributed by atoms with E-state index in [1.165, 1.54) is 37.9 Å². The van der Waals surface area contributed by atoms with Gasteiger partial charge in [0.15, 0.2) is 0 Å². The zero-order chi connectivity index (χ0) is 11.1. The Labute approximate surface area is 94.5 Å². The van der Waals surface area contributed by atoms with E-state index >= 15 is 0 Å². The van der Waals surface area contributed by atoms with Crippen LogP contribution in [-0.4, -0.2) is 38.7 Å². The summed E-state index contributed by atoms with van der Waals surface area (Å²) in [5.74, 6) is 2.17. The molecule has 0 spiro atoms. The molecule has 0 aromatic rings. The van der Waals surface area contributed by atoms with E-state index in [1.54, 1.807) is 0 Å². The van der Waals surface area contributed by atoms with Crippen LogP contribution in [-0.2, 0) is 0 Å². The molecule has 3 atom stereocenters. The summed E-state index contributed by atoms with van der Waals surface area (Å²) in [6, 6.07) is 0.769. The van der Waals surface area contributed by atoms with E-state index in [0.29, 0.717) is 5.31 Å². The topological polar surface area (TPSA) is 15.6 Å². The van der Waals surface area contributed by atoms with Gasteiger partial charge in [-0.05, 0) is 18.8 Å². The normalized spacial score (nSPS) is 44.2. The van der Waals surface area contributed by atoms with Crippen molar-refractivity contribution in [3.63, 3.8) is 0 Å². The largest absolute Gasteiger partial charge is 0.360 e. The number of amidine groups is 1. The van der Waals surface area contributed by atoms with Crippen molar-refractivity contribution < 1.29 is 0 Å². The van der Waals surface area contributed by atoms with Crippen LogP contribution in [0.15, 0.2) is 4.99 Å². The van der Waals surface area contributed by atoms with Crippen molar-refractivity contribution in [2.45, 2.75) is 50.4 Å². The van der Waals surface area contributed by atoms with Crippen molar-refractivity contribution in [3.05, 3.63) is 0 Å². The van der Waals surface area contributed by atoms with Crippen molar-refractivity contribution in [2.75, 3.05) is 14.1 Å². The summed E-state index contributed by atoms with van der Waals surface area (Å²) in [6.07, 6.45) is 6.73. The van der Waals surface area contributed by atoms with Crippen molar-refractivity contribution >= 4 is 13.7 Å². The molecule has 0 radical (unpaired) electrons. The van der Waals surface area contributed by atoms with E-state index in [4.69, 9.17) is 0 Å². The zero-order valence-corrected chi connectivity index (χ0v) is 10.6. The predicted molar refractivity (Wildman–Crippen MR) is 68.4 cm³/mol. The highest BCUT2D eigenvalue weighted by Crippen LogP contribution is 2.45. The minimum Gasteiger partial charge on any atom is -0.360 e. The Bertz CT molecular complexity index is 273. The fourth-order valence-electron chi connectivity index (χ4n) is 3.51. The number of aliphatic imine (C=N–C) groups is 1. The van der Waals surface area contributed by atoms with E-state index in [0.717, 1.165) is 12.0 Å². The summed E-state index contributed by atoms with van der Waals surface area (Å²) >= 11 is 0. The van der Waals surface area contributed by atoms with E-state index in [9.17, 15) is 0 Å². The second kappa shape index (κ2) is 3.84. The van der Waals surface area contributed by atoms with Crippen molar-refractivity contribution in [1.82, 2.24) is 4.90 Å². The summed E-state index contributed by atoms with van der Waals surface area (Å²) in [4.78, 5) is 6.85. The predicted octanol–water partition coefficient (Wildman–Crippen LogP) is 1.72. The maximum atomic E-state index is 4.41. The first-order chi connectivity index (χ1) is 7.03. The monoisotopic (exact) mass is 206 g/mol. The lowest BCUT2D eigenvalue weighted by molar-refractivity contribution is 0.292. The van der Waals surface area contributed by atoms with E-state index in [2.05, 4.69) is 31.7 Å². The summed E-state index contributed by atoms with van der Waals surface area (Å²) in [5.41, 5.74) is 0. The van der Waals surface area contributed by atoms with Gasteiger partial charge in [0.1, 0.15) is 7.85 Å². The Balaban J connectivity index is 2.16. The fraction of sp³-hybridized carbons (Fsp3) is 0.917. The van der Waals surface area contributed by atoms with Gasteiger partial charge in [-0.3, -0.25) is 4.99 Å². The third-order valence-corrected chi connectivity index (χ3v) is 4.32. The first-order valence-corrected chi connectivity index (χ1v) is 6.22. The molecular weight excluding hydrogens is 183 g/mol. The van der Waals surface area contributed by atoms with Crippen LogP contribution in [0.3, 0.4) is 0 Å². The summed E-state index contributed by atoms with van der Waals surface area (Å²) in [5, 5.41) is 0.545. The molecule has 1 saturated heterocycles. The van der Waals surface area contributed by atoms with Gasteiger partial charge >= 0.3 is 0 Å². The molecule has 3 heteroatoms. The number of nitrogens with zero attached hydrogens (tertiary/aromatic N) is 2. The average Bonchev–Trinajstić information content (AvgIpc) is 2.37. The van der Waals surface area contributed by atoms with Crippen molar-refractivity contribution in [3.8, 4) is 0 Å². The molecule has 2 rings (SSSR count). The second-order valence-corrected chi connectivity index (χ2v) is 6.04. The fourth-order valence-corrected chi connectivity index (χ4v) is 3.51. The highest BCUT2D eigenvalue weighted by Gasteiger charge is 2.40. The molecule has 0 N–H and O–H groups in total. The van der Waals surface area contributed by atoms with Gasteiger partial charge in [0, 0.05) is 26.6 Å². The third kappa shape index (κ3) is 2.06. The van der Waals surface area contributed by atoms with Crippen LogP contribution in [0.2, 0.25) is 5.31 Å². The third-order valence-electron chi connectivity index (χ3n) is 4.32. The van der Waals surface area contributed by atoms with Gasteiger partial charge < -0.3 is 4.90 Å². The van der Waals surface area contributed by atoms with Gasteiger partial charge in [-0.15, -0.1) is 0 Å². The standard InChI is InChI=1S/C12H23BN2/c1-12(13)6-4-5-10-9(8-12)7-11(14-2)15(10)3/h9-10H,4-8,13H2,1-3H3/b14-11-. The average molecular weight is 206 g/mol. The van der Waals surface area contributed by atoms with Gasteiger partial charge in [0.25, 0.3) is 0 Å². The minimum atomic E-state index is 0.545. The number of hydrogen-bond donors (Lipinski definition) is 0. The number of fused-ring (bicyclic) bond motifs is 1. The molecule has 1 heterocycles. The van der Waals surface area contributed by atoms with Gasteiger partial charge in [-0.1, -0.05) is 25.1 Å². The van der Waals surface area contributed by atoms with Crippen LogP contribution in [0.5, 0.6) is 0 Å². The Morgan fingerprint density at radius 2 is 2.27 bits per heavy atom. The molecule has 1 saturated carbocycles. The molecule has 0 aromatic carbocycles. The quantitative estimate of drug-likeness (QED) is 0.551. The SMILES string of the molecule is BC1(C)CCCC2C(C/C(=N/C)N2C)C1. The molecule has 0 bridgehead atoms. The maximum Gasteiger partial charge on any atom is 0.109 e. The number of likely N-dealkylation sites (tertiary alicyclic amines) is 1. The Kier molecular flexibility index (Phi) is 2.82. The van der Waals surface area contributed by atoms with Crippen LogP contribution in [0.25, 0.3) is 0 Å². The Morgan fingerprint density at radius 1 is 1.53 bits per heavy atom. The smallest absolute Gasteiger partial charge is 0.109 e. The molecule has 1 aliphatic heterocycles. The summed E-state index contributed by atoms with van der Waals surface area (Å²) in [7, 11) is 6.59. The second-order valence-electron chi connectivity index (χ2n) is 6.04. The highest BCUT2D eigenvalue weighted by atomic mass is 15.2. The maximum absolute atomic E-state index is 4.41. The lowest BCUT2D eigenvalue weighted by Gasteiger charge is -2.27. The van der Waals surface area contributed by atoms with Gasteiger partial charge in [-0.2, -0.15) is 0 Å². The molecule has 1 aliphatic carbocycles. The first-order valence-electron chi connectivity index (χ1n) is 6.22. The van der Waals surface area contributed by atoms with Gasteiger partial charge in [-0.25, -0.2) is 0 Å². The Hall–Kier alpha value is -0.465. The molecular formula is C12H23BN2. The van der Waals surface area contributed by atoms with Gasteiger partial charge in [0.2, 0.25) is 0 Å². The molecule has 3 unspecified atom stereocenters. The van der Waals surface area contributed by atoms with Crippen LogP contribution in [0.4, 0.5) is 0 Å². The molecule has 0 aromatic heterocycles. The van der Waals surface area contributed by atoms with Crippen LogP contribution in [0, 0.1) is 5.92 Å². The minimum absolute atomic E-state index is 0.545. The molecule has 0 amide bonds. The van der Waals surface area contributed by atoms with Crippen molar-refractivity contribution in [2.24, 2.45) is 10.9 Å². The molecule has 84 valence electrons. The van der Waals surface area contributed by atoms with Crippen molar-refractivity contribution in [1.29, 1.82) is 0 Å². The molecule has 2 fully saturated rings. The van der Waals surface area contributed by atoms with Gasteiger partial charge in [0.05, 0.1) is 5.84 Å². The summed E-state index contributed by atoms with van der Waals surface area (Å²) in [6.45, 7) is 2.43. The van der Waals surface area contributed by atoms with Crippen LogP contribution >= 0.6 is 0 Å². The first kappa shape index (κ1) is 11.0. The summed E-state index contributed by atoms with van der Waals surface area (Å²) < 4.78 is 0. The highest BCUT2D eigenvalue weighted by molar-refractivity contribution is 6.14. The zero-order valence-electron chi connectivity index (χ0n) is 10.6. The van der Waals surface area contributed by atoms with E-state index in [-0.39, 0.29) is 0 Å². The molecule has 2 aliphatic rings. The Morgan fingerprint density at radius 3 is 2.93 bits per heavy atom. The lowest BCUT2D eigenvalue weighted by atomic mass is 9.64.